The molecule has 0 fully saturated rings. The number of ether oxygens (including phenoxy) is 1. The van der Waals surface area contributed by atoms with E-state index in [2.05, 4.69) is 9.97 Å². The minimum absolute atomic E-state index is 0.365. The molecule has 1 aliphatic rings. The highest BCUT2D eigenvalue weighted by atomic mass is 16.5. The van der Waals surface area contributed by atoms with Crippen molar-refractivity contribution in [2.24, 2.45) is 0 Å². The van der Waals surface area contributed by atoms with Crippen LogP contribution in [0.25, 0.3) is 0 Å². The van der Waals surface area contributed by atoms with E-state index in [1.807, 2.05) is 18.2 Å². The summed E-state index contributed by atoms with van der Waals surface area (Å²) in [7, 11) is 0. The highest BCUT2D eigenvalue weighted by Gasteiger charge is 2.25. The number of fused-ring (bicyclic) bond motifs is 1. The molecule has 0 spiro atoms. The first kappa shape index (κ1) is 10.3. The molecule has 4 nitrogen and oxygen atoms in total. The van der Waals surface area contributed by atoms with Crippen molar-refractivity contribution in [3.63, 3.8) is 0 Å². The molecule has 2 heterocycles. The first-order chi connectivity index (χ1) is 8.33. The van der Waals surface area contributed by atoms with Crippen LogP contribution in [0, 0.1) is 0 Å². The second kappa shape index (κ2) is 4.18. The van der Waals surface area contributed by atoms with Gasteiger partial charge in [0, 0.05) is 12.4 Å². The van der Waals surface area contributed by atoms with Gasteiger partial charge in [-0.05, 0) is 30.3 Å². The molecule has 1 aromatic carbocycles. The van der Waals surface area contributed by atoms with Crippen molar-refractivity contribution in [2.45, 2.75) is 12.7 Å². The maximum Gasteiger partial charge on any atom is 0.324 e. The third-order valence-electron chi connectivity index (χ3n) is 2.93. The Morgan fingerprint density at radius 1 is 1.29 bits per heavy atom. The van der Waals surface area contributed by atoms with Gasteiger partial charge in [0.2, 0.25) is 5.88 Å². The van der Waals surface area contributed by atoms with Gasteiger partial charge in [0.1, 0.15) is 5.75 Å². The Hall–Kier alpha value is -1.88. The van der Waals surface area contributed by atoms with Crippen LogP contribution < -0.4 is 10.2 Å². The fourth-order valence-electron chi connectivity index (χ4n) is 2.08. The average molecular weight is 226 g/mol. The Morgan fingerprint density at radius 2 is 2.24 bits per heavy atom. The van der Waals surface area contributed by atoms with E-state index < -0.39 is 0 Å². The Kier molecular flexibility index (Phi) is 2.53. The molecular formula is C12H11BN2O2. The van der Waals surface area contributed by atoms with Crippen LogP contribution in [0.15, 0.2) is 36.8 Å². The Morgan fingerprint density at radius 3 is 3.06 bits per heavy atom. The zero-order valence-corrected chi connectivity index (χ0v) is 9.21. The number of aromatic nitrogens is 2. The quantitative estimate of drug-likeness (QED) is 0.776. The highest BCUT2D eigenvalue weighted by Crippen LogP contribution is 2.21. The van der Waals surface area contributed by atoms with E-state index in [1.165, 1.54) is 5.56 Å². The summed E-state index contributed by atoms with van der Waals surface area (Å²) in [6.45, 7) is -0.365. The predicted molar refractivity (Wildman–Crippen MR) is 64.7 cm³/mol. The summed E-state index contributed by atoms with van der Waals surface area (Å²) in [4.78, 5) is 7.97. The summed E-state index contributed by atoms with van der Waals surface area (Å²) in [5.74, 6) is 1.14. The smallest absolute Gasteiger partial charge is 0.324 e. The molecular weight excluding hydrogens is 215 g/mol. The van der Waals surface area contributed by atoms with Crippen LogP contribution in [0.2, 0.25) is 6.32 Å². The number of rotatable bonds is 2. The third-order valence-corrected chi connectivity index (χ3v) is 2.93. The summed E-state index contributed by atoms with van der Waals surface area (Å²) >= 11 is 0. The molecule has 3 rings (SSSR count). The van der Waals surface area contributed by atoms with Gasteiger partial charge in [-0.25, -0.2) is 4.98 Å². The lowest BCUT2D eigenvalue weighted by Crippen LogP contribution is -2.25. The number of aryl methyl sites for hydroxylation is 1. The SMILES string of the molecule is OB1CCc2ccc(Oc3cnccn3)cc21. The molecule has 0 radical (unpaired) electrons. The Balaban J connectivity index is 1.88. The van der Waals surface area contributed by atoms with Gasteiger partial charge < -0.3 is 9.76 Å². The lowest BCUT2D eigenvalue weighted by molar-refractivity contribution is 0.460. The first-order valence-electron chi connectivity index (χ1n) is 5.58. The summed E-state index contributed by atoms with van der Waals surface area (Å²) in [5, 5.41) is 9.79. The van der Waals surface area contributed by atoms with Gasteiger partial charge in [0.25, 0.3) is 0 Å². The van der Waals surface area contributed by atoms with Crippen molar-refractivity contribution in [1.82, 2.24) is 9.97 Å². The van der Waals surface area contributed by atoms with Crippen molar-refractivity contribution in [1.29, 1.82) is 0 Å². The van der Waals surface area contributed by atoms with Gasteiger partial charge in [0.05, 0.1) is 6.20 Å². The molecule has 2 aromatic rings. The number of hydrogen-bond acceptors (Lipinski definition) is 4. The van der Waals surface area contributed by atoms with E-state index in [-0.39, 0.29) is 6.92 Å². The van der Waals surface area contributed by atoms with Crippen molar-refractivity contribution in [3.8, 4) is 11.6 Å². The lowest BCUT2D eigenvalue weighted by Gasteiger charge is -2.07. The van der Waals surface area contributed by atoms with Gasteiger partial charge >= 0.3 is 6.92 Å². The summed E-state index contributed by atoms with van der Waals surface area (Å²) in [5.41, 5.74) is 2.16. The second-order valence-electron chi connectivity index (χ2n) is 4.06. The molecule has 0 saturated carbocycles. The molecule has 5 heteroatoms. The van der Waals surface area contributed by atoms with E-state index in [9.17, 15) is 5.02 Å². The molecule has 0 saturated heterocycles. The average Bonchev–Trinajstić information content (AvgIpc) is 2.73. The van der Waals surface area contributed by atoms with Gasteiger partial charge in [0.15, 0.2) is 0 Å². The van der Waals surface area contributed by atoms with Crippen molar-refractivity contribution >= 4 is 12.4 Å². The standard InChI is InChI=1S/C12H11BN2O2/c16-13-4-3-9-1-2-10(7-11(9)13)17-12-8-14-5-6-15-12/h1-2,5-8,16H,3-4H2. The van der Waals surface area contributed by atoms with Gasteiger partial charge in [-0.1, -0.05) is 11.6 Å². The molecule has 0 aliphatic carbocycles. The molecule has 0 bridgehead atoms. The molecule has 0 amide bonds. The highest BCUT2D eigenvalue weighted by molar-refractivity contribution is 6.68. The van der Waals surface area contributed by atoms with Crippen LogP contribution in [0.5, 0.6) is 11.6 Å². The molecule has 0 atom stereocenters. The third kappa shape index (κ3) is 2.01. The van der Waals surface area contributed by atoms with Crippen LogP contribution in [0.1, 0.15) is 5.56 Å². The van der Waals surface area contributed by atoms with Crippen molar-refractivity contribution in [2.75, 3.05) is 0 Å². The van der Waals surface area contributed by atoms with Crippen molar-refractivity contribution < 1.29 is 9.76 Å². The van der Waals surface area contributed by atoms with Crippen LogP contribution >= 0.6 is 0 Å². The van der Waals surface area contributed by atoms with Gasteiger partial charge in [-0.3, -0.25) is 4.98 Å². The minimum atomic E-state index is -0.365. The summed E-state index contributed by atoms with van der Waals surface area (Å²) in [6.07, 6.45) is 6.46. The maximum atomic E-state index is 9.79. The van der Waals surface area contributed by atoms with Crippen molar-refractivity contribution in [3.05, 3.63) is 42.4 Å². The van der Waals surface area contributed by atoms with Crippen LogP contribution in [0.3, 0.4) is 0 Å². The molecule has 0 unspecified atom stereocenters. The van der Waals surface area contributed by atoms with E-state index in [1.54, 1.807) is 18.6 Å². The maximum absolute atomic E-state index is 9.79. The molecule has 1 aromatic heterocycles. The topological polar surface area (TPSA) is 55.2 Å². The zero-order valence-electron chi connectivity index (χ0n) is 9.21. The number of hydrogen-bond donors (Lipinski definition) is 1. The van der Waals surface area contributed by atoms with Crippen LogP contribution in [-0.2, 0) is 6.42 Å². The fourth-order valence-corrected chi connectivity index (χ4v) is 2.08. The lowest BCUT2D eigenvalue weighted by atomic mass is 9.63. The molecule has 1 aliphatic heterocycles. The molecule has 1 N–H and O–H groups in total. The Bertz CT molecular complexity index is 533. The van der Waals surface area contributed by atoms with E-state index in [0.717, 1.165) is 18.2 Å². The largest absolute Gasteiger partial charge is 0.446 e. The first-order valence-corrected chi connectivity index (χ1v) is 5.58. The van der Waals surface area contributed by atoms with Gasteiger partial charge in [-0.2, -0.15) is 0 Å². The van der Waals surface area contributed by atoms with Crippen LogP contribution in [-0.4, -0.2) is 21.9 Å². The van der Waals surface area contributed by atoms with E-state index in [4.69, 9.17) is 4.74 Å². The predicted octanol–water partition coefficient (Wildman–Crippen LogP) is 1.02. The molecule has 84 valence electrons. The van der Waals surface area contributed by atoms with Gasteiger partial charge in [-0.15, -0.1) is 0 Å². The minimum Gasteiger partial charge on any atom is -0.446 e. The number of nitrogens with zero attached hydrogens (tertiary/aromatic N) is 2. The second-order valence-corrected chi connectivity index (χ2v) is 4.06. The van der Waals surface area contributed by atoms with E-state index in [0.29, 0.717) is 11.6 Å². The zero-order chi connectivity index (χ0) is 11.7. The van der Waals surface area contributed by atoms with E-state index >= 15 is 0 Å². The fraction of sp³-hybridized carbons (Fsp3) is 0.167. The Labute approximate surface area is 99.4 Å². The van der Waals surface area contributed by atoms with Crippen LogP contribution in [0.4, 0.5) is 0 Å². The summed E-state index contributed by atoms with van der Waals surface area (Å²) < 4.78 is 5.57. The normalized spacial score (nSPS) is 13.6. The number of benzene rings is 1. The molecule has 17 heavy (non-hydrogen) atoms. The summed E-state index contributed by atoms with van der Waals surface area (Å²) in [6, 6.07) is 5.77. The monoisotopic (exact) mass is 226 g/mol.